The molecule has 1 fully saturated rings. The summed E-state index contributed by atoms with van der Waals surface area (Å²) in [6.07, 6.45) is 5.29. The average molecular weight is 564 g/mol. The van der Waals surface area contributed by atoms with Gasteiger partial charge in [0.05, 0.1) is 38.2 Å². The molecule has 3 heterocycles. The standard InChI is InChI=1S/C30H34FN5O5/c1-5-40-28-16-33-36(18-19-7-6-12-35(2)17-19)29(28)30(37)34-23-9-8-20(13-22(23)31)41-25-10-11-32-24-15-27(39-4)26(38-3)14-21(24)25/h8-11,13-16,19H,5-7,12,17-18H2,1-4H3,(H,34,37). The summed E-state index contributed by atoms with van der Waals surface area (Å²) < 4.78 is 39.4. The van der Waals surface area contributed by atoms with Crippen molar-refractivity contribution < 1.29 is 28.1 Å². The summed E-state index contributed by atoms with van der Waals surface area (Å²) >= 11 is 0. The molecular formula is C30H34FN5O5. The molecule has 2 aromatic heterocycles. The Morgan fingerprint density at radius 2 is 1.90 bits per heavy atom. The molecule has 10 nitrogen and oxygen atoms in total. The average Bonchev–Trinajstić information content (AvgIpc) is 3.36. The second-order valence-corrected chi connectivity index (χ2v) is 9.97. The molecule has 2 aromatic carbocycles. The zero-order chi connectivity index (χ0) is 28.9. The van der Waals surface area contributed by atoms with Crippen LogP contribution in [0.25, 0.3) is 10.9 Å². The number of amides is 1. The van der Waals surface area contributed by atoms with Gasteiger partial charge >= 0.3 is 0 Å². The van der Waals surface area contributed by atoms with Crippen molar-refractivity contribution in [1.82, 2.24) is 19.7 Å². The molecule has 1 aliphatic heterocycles. The fraction of sp³-hybridized carbons (Fsp3) is 0.367. The fourth-order valence-corrected chi connectivity index (χ4v) is 5.17. The lowest BCUT2D eigenvalue weighted by Crippen LogP contribution is -2.35. The number of piperidine rings is 1. The molecular weight excluding hydrogens is 529 g/mol. The highest BCUT2D eigenvalue weighted by atomic mass is 19.1. The van der Waals surface area contributed by atoms with Crippen LogP contribution in [0.2, 0.25) is 0 Å². The second kappa shape index (κ2) is 12.4. The van der Waals surface area contributed by atoms with Crippen molar-refractivity contribution >= 4 is 22.5 Å². The van der Waals surface area contributed by atoms with Gasteiger partial charge in [-0.3, -0.25) is 14.5 Å². The number of anilines is 1. The molecule has 0 aliphatic carbocycles. The van der Waals surface area contributed by atoms with Crippen LogP contribution >= 0.6 is 0 Å². The molecule has 1 atom stereocenters. The highest BCUT2D eigenvalue weighted by Gasteiger charge is 2.25. The van der Waals surface area contributed by atoms with Gasteiger partial charge in [0.1, 0.15) is 17.3 Å². The van der Waals surface area contributed by atoms with Gasteiger partial charge in [-0.25, -0.2) is 4.39 Å². The first-order valence-corrected chi connectivity index (χ1v) is 13.6. The number of aromatic nitrogens is 3. The van der Waals surface area contributed by atoms with E-state index >= 15 is 4.39 Å². The maximum absolute atomic E-state index is 15.2. The van der Waals surface area contributed by atoms with E-state index in [-0.39, 0.29) is 17.1 Å². The van der Waals surface area contributed by atoms with Gasteiger partial charge in [0, 0.05) is 36.8 Å². The topological polar surface area (TPSA) is 100.0 Å². The Labute approximate surface area is 238 Å². The van der Waals surface area contributed by atoms with Crippen LogP contribution < -0.4 is 24.3 Å². The molecule has 0 radical (unpaired) electrons. The molecule has 1 unspecified atom stereocenters. The molecule has 0 bridgehead atoms. The van der Waals surface area contributed by atoms with Crippen molar-refractivity contribution in [2.24, 2.45) is 5.92 Å². The molecule has 1 amide bonds. The van der Waals surface area contributed by atoms with E-state index in [0.717, 1.165) is 25.9 Å². The molecule has 4 aromatic rings. The Morgan fingerprint density at radius 1 is 1.10 bits per heavy atom. The van der Waals surface area contributed by atoms with Crippen LogP contribution in [0.4, 0.5) is 10.1 Å². The molecule has 41 heavy (non-hydrogen) atoms. The predicted octanol–water partition coefficient (Wildman–Crippen LogP) is 5.37. The van der Waals surface area contributed by atoms with Crippen molar-refractivity contribution in [2.45, 2.75) is 26.3 Å². The number of halogens is 1. The van der Waals surface area contributed by atoms with Crippen LogP contribution in [-0.2, 0) is 6.54 Å². The molecule has 0 saturated carbocycles. The zero-order valence-corrected chi connectivity index (χ0v) is 23.6. The first-order chi connectivity index (χ1) is 19.9. The Morgan fingerprint density at radius 3 is 2.63 bits per heavy atom. The van der Waals surface area contributed by atoms with E-state index in [4.69, 9.17) is 18.9 Å². The maximum atomic E-state index is 15.2. The minimum atomic E-state index is -0.647. The monoisotopic (exact) mass is 563 g/mol. The lowest BCUT2D eigenvalue weighted by atomic mass is 9.98. The Bertz CT molecular complexity index is 1540. The van der Waals surface area contributed by atoms with Gasteiger partial charge in [0.25, 0.3) is 5.91 Å². The highest BCUT2D eigenvalue weighted by Crippen LogP contribution is 2.37. The van der Waals surface area contributed by atoms with Crippen LogP contribution in [0.3, 0.4) is 0 Å². The van der Waals surface area contributed by atoms with Crippen LogP contribution in [0.5, 0.6) is 28.7 Å². The van der Waals surface area contributed by atoms with Gasteiger partial charge < -0.3 is 29.2 Å². The lowest BCUT2D eigenvalue weighted by molar-refractivity contribution is 0.100. The summed E-state index contributed by atoms with van der Waals surface area (Å²) in [7, 11) is 5.19. The number of ether oxygens (including phenoxy) is 4. The van der Waals surface area contributed by atoms with Crippen LogP contribution in [-0.4, -0.2) is 66.5 Å². The van der Waals surface area contributed by atoms with Gasteiger partial charge in [-0.05, 0) is 63.5 Å². The van der Waals surface area contributed by atoms with E-state index in [0.29, 0.717) is 53.0 Å². The minimum Gasteiger partial charge on any atom is -0.493 e. The molecule has 1 N–H and O–H groups in total. The summed E-state index contributed by atoms with van der Waals surface area (Å²) in [6, 6.07) is 9.46. The second-order valence-electron chi connectivity index (χ2n) is 9.97. The molecule has 11 heteroatoms. The number of carbonyl (C=O) groups is 1. The maximum Gasteiger partial charge on any atom is 0.277 e. The van der Waals surface area contributed by atoms with Crippen LogP contribution in [0.1, 0.15) is 30.3 Å². The van der Waals surface area contributed by atoms with E-state index in [9.17, 15) is 4.79 Å². The molecule has 5 rings (SSSR count). The summed E-state index contributed by atoms with van der Waals surface area (Å²) in [5, 5.41) is 7.78. The third-order valence-corrected chi connectivity index (χ3v) is 7.10. The first-order valence-electron chi connectivity index (χ1n) is 13.6. The van der Waals surface area contributed by atoms with Crippen LogP contribution in [0.15, 0.2) is 48.8 Å². The Kier molecular flexibility index (Phi) is 8.53. The largest absolute Gasteiger partial charge is 0.493 e. The number of hydrogen-bond donors (Lipinski definition) is 1. The van der Waals surface area contributed by atoms with E-state index in [1.807, 2.05) is 6.92 Å². The highest BCUT2D eigenvalue weighted by molar-refractivity contribution is 6.05. The number of carbonyl (C=O) groups excluding carboxylic acids is 1. The van der Waals surface area contributed by atoms with Crippen molar-refractivity contribution in [3.8, 4) is 28.7 Å². The van der Waals surface area contributed by atoms with Crippen molar-refractivity contribution in [3.63, 3.8) is 0 Å². The number of hydrogen-bond acceptors (Lipinski definition) is 8. The van der Waals surface area contributed by atoms with Crippen molar-refractivity contribution in [3.05, 3.63) is 60.3 Å². The van der Waals surface area contributed by atoms with Gasteiger partial charge in [-0.1, -0.05) is 0 Å². The summed E-state index contributed by atoms with van der Waals surface area (Å²) in [5.41, 5.74) is 0.916. The normalized spacial score (nSPS) is 15.5. The quantitative estimate of drug-likeness (QED) is 0.275. The third-order valence-electron chi connectivity index (χ3n) is 7.10. The Balaban J connectivity index is 1.35. The number of methoxy groups -OCH3 is 2. The van der Waals surface area contributed by atoms with Gasteiger partial charge in [-0.2, -0.15) is 5.10 Å². The summed E-state index contributed by atoms with van der Waals surface area (Å²) in [5.74, 6) is 1.35. The number of rotatable bonds is 10. The number of nitrogens with one attached hydrogen (secondary N) is 1. The van der Waals surface area contributed by atoms with Gasteiger partial charge in [-0.15, -0.1) is 0 Å². The number of likely N-dealkylation sites (tertiary alicyclic amines) is 1. The lowest BCUT2D eigenvalue weighted by Gasteiger charge is -2.29. The molecule has 0 spiro atoms. The van der Waals surface area contributed by atoms with E-state index in [1.54, 1.807) is 55.6 Å². The van der Waals surface area contributed by atoms with Crippen molar-refractivity contribution in [2.75, 3.05) is 46.3 Å². The van der Waals surface area contributed by atoms with E-state index < -0.39 is 11.7 Å². The number of pyridine rings is 1. The molecule has 216 valence electrons. The van der Waals surface area contributed by atoms with Crippen LogP contribution in [0, 0.1) is 11.7 Å². The van der Waals surface area contributed by atoms with Gasteiger partial charge in [0.15, 0.2) is 22.9 Å². The van der Waals surface area contributed by atoms with E-state index in [1.165, 1.54) is 12.1 Å². The SMILES string of the molecule is CCOc1cnn(CC2CCCN(C)C2)c1C(=O)Nc1ccc(Oc2ccnc3cc(OC)c(OC)cc23)cc1F. The van der Waals surface area contributed by atoms with Gasteiger partial charge in [0.2, 0.25) is 0 Å². The summed E-state index contributed by atoms with van der Waals surface area (Å²) in [4.78, 5) is 20.0. The third kappa shape index (κ3) is 6.19. The fourth-order valence-electron chi connectivity index (χ4n) is 5.17. The number of nitrogens with zero attached hydrogens (tertiary/aromatic N) is 4. The van der Waals surface area contributed by atoms with Crippen molar-refractivity contribution in [1.29, 1.82) is 0 Å². The minimum absolute atomic E-state index is 0.0148. The number of fused-ring (bicyclic) bond motifs is 1. The Hall–Kier alpha value is -4.38. The van der Waals surface area contributed by atoms with E-state index in [2.05, 4.69) is 27.3 Å². The molecule has 1 saturated heterocycles. The smallest absolute Gasteiger partial charge is 0.277 e. The summed E-state index contributed by atoms with van der Waals surface area (Å²) in [6.45, 7) is 4.78. The molecule has 1 aliphatic rings. The zero-order valence-electron chi connectivity index (χ0n) is 23.6. The number of benzene rings is 2. The first kappa shape index (κ1) is 28.2. The predicted molar refractivity (Wildman–Crippen MR) is 153 cm³/mol.